The lowest BCUT2D eigenvalue weighted by Crippen LogP contribution is -2.19. The molecule has 3 aromatic carbocycles. The first-order valence-electron chi connectivity index (χ1n) is 9.66. The van der Waals surface area contributed by atoms with Gasteiger partial charge in [0.05, 0.1) is 15.5 Å². The summed E-state index contributed by atoms with van der Waals surface area (Å²) in [6.45, 7) is 0.316. The van der Waals surface area contributed by atoms with Crippen molar-refractivity contribution in [3.05, 3.63) is 94.6 Å². The summed E-state index contributed by atoms with van der Waals surface area (Å²) in [5.74, 6) is 0.0739. The molecule has 0 aliphatic carbocycles. The highest BCUT2D eigenvalue weighted by Gasteiger charge is 2.23. The Morgan fingerprint density at radius 2 is 1.67 bits per heavy atom. The largest absolute Gasteiger partial charge is 0.489 e. The highest BCUT2D eigenvalue weighted by molar-refractivity contribution is 8.18. The van der Waals surface area contributed by atoms with Crippen molar-refractivity contribution in [1.82, 2.24) is 5.32 Å². The molecule has 1 amide bonds. The first kappa shape index (κ1) is 22.7. The molecule has 168 valence electrons. The molecule has 0 radical (unpaired) electrons. The average Bonchev–Trinajstić information content (AvgIpc) is 3.12. The molecule has 0 saturated carbocycles. The van der Waals surface area contributed by atoms with Gasteiger partial charge in [0.25, 0.3) is 5.91 Å². The van der Waals surface area contributed by atoms with Gasteiger partial charge in [0.1, 0.15) is 18.2 Å². The molecule has 3 aromatic rings. The minimum atomic E-state index is -3.78. The van der Waals surface area contributed by atoms with E-state index in [1.54, 1.807) is 30.3 Å². The van der Waals surface area contributed by atoms with Crippen LogP contribution in [0.4, 0.5) is 10.1 Å². The predicted octanol–water partition coefficient (Wildman–Crippen LogP) is 3.94. The van der Waals surface area contributed by atoms with E-state index < -0.39 is 10.0 Å². The van der Waals surface area contributed by atoms with Crippen molar-refractivity contribution in [3.8, 4) is 5.75 Å². The van der Waals surface area contributed by atoms with Crippen LogP contribution in [0, 0.1) is 5.82 Å². The molecule has 1 fully saturated rings. The number of amides is 1. The van der Waals surface area contributed by atoms with Gasteiger partial charge in [-0.25, -0.2) is 22.9 Å². The summed E-state index contributed by atoms with van der Waals surface area (Å²) in [6.07, 6.45) is 1.73. The number of carbonyl (C=O) groups is 1. The van der Waals surface area contributed by atoms with Gasteiger partial charge in [-0.05, 0) is 77.5 Å². The summed E-state index contributed by atoms with van der Waals surface area (Å²) >= 11 is 1.18. The quantitative estimate of drug-likeness (QED) is 0.516. The molecule has 1 saturated heterocycles. The number of carbonyl (C=O) groups excluding carboxylic acids is 1. The first-order valence-corrected chi connectivity index (χ1v) is 12.0. The number of nitrogens with one attached hydrogen (secondary N) is 1. The number of primary sulfonamides is 1. The van der Waals surface area contributed by atoms with Crippen molar-refractivity contribution < 1.29 is 22.3 Å². The van der Waals surface area contributed by atoms with Gasteiger partial charge in [0.15, 0.2) is 5.17 Å². The Balaban J connectivity index is 1.40. The van der Waals surface area contributed by atoms with E-state index in [9.17, 15) is 17.6 Å². The SMILES string of the molecule is NS(=O)(=O)c1ccc(N=C2NC(=O)/C(=C/c3ccc(OCc4ccc(F)cc4)cc3)S2)cc1. The summed E-state index contributed by atoms with van der Waals surface area (Å²) in [4.78, 5) is 17.1. The zero-order chi connectivity index (χ0) is 23.4. The van der Waals surface area contributed by atoms with Crippen LogP contribution in [0.25, 0.3) is 6.08 Å². The molecule has 0 bridgehead atoms. The van der Waals surface area contributed by atoms with Crippen LogP contribution < -0.4 is 15.2 Å². The Hall–Kier alpha value is -3.47. The normalized spacial score (nSPS) is 16.2. The van der Waals surface area contributed by atoms with E-state index in [-0.39, 0.29) is 16.6 Å². The number of ether oxygens (including phenoxy) is 1. The van der Waals surface area contributed by atoms with Crippen molar-refractivity contribution in [2.24, 2.45) is 10.1 Å². The lowest BCUT2D eigenvalue weighted by Gasteiger charge is -2.06. The summed E-state index contributed by atoms with van der Waals surface area (Å²) in [5, 5.41) is 8.15. The molecule has 10 heteroatoms. The third-order valence-corrected chi connectivity index (χ3v) is 6.38. The zero-order valence-electron chi connectivity index (χ0n) is 17.1. The lowest BCUT2D eigenvalue weighted by molar-refractivity contribution is -0.115. The third kappa shape index (κ3) is 6.07. The molecule has 0 aromatic heterocycles. The number of thioether (sulfide) groups is 1. The summed E-state index contributed by atoms with van der Waals surface area (Å²) in [5.41, 5.74) is 2.14. The molecule has 1 aliphatic heterocycles. The monoisotopic (exact) mass is 483 g/mol. The van der Waals surface area contributed by atoms with E-state index in [1.807, 2.05) is 12.1 Å². The molecular formula is C23H18FN3O4S2. The summed E-state index contributed by atoms with van der Waals surface area (Å²) in [6, 6.07) is 19.0. The Kier molecular flexibility index (Phi) is 6.59. The van der Waals surface area contributed by atoms with E-state index in [0.717, 1.165) is 11.1 Å². The van der Waals surface area contributed by atoms with Crippen LogP contribution in [0.15, 0.2) is 87.6 Å². The van der Waals surface area contributed by atoms with Crippen LogP contribution >= 0.6 is 11.8 Å². The molecule has 0 spiro atoms. The van der Waals surface area contributed by atoms with Crippen LogP contribution in [0.3, 0.4) is 0 Å². The topological polar surface area (TPSA) is 111 Å². The first-order chi connectivity index (χ1) is 15.8. The molecule has 0 unspecified atom stereocenters. The Morgan fingerprint density at radius 1 is 1.00 bits per heavy atom. The van der Waals surface area contributed by atoms with Gasteiger partial charge in [-0.3, -0.25) is 4.79 Å². The summed E-state index contributed by atoms with van der Waals surface area (Å²) in [7, 11) is -3.78. The van der Waals surface area contributed by atoms with Crippen molar-refractivity contribution >= 4 is 44.6 Å². The second-order valence-corrected chi connectivity index (χ2v) is 9.60. The van der Waals surface area contributed by atoms with Gasteiger partial charge in [-0.2, -0.15) is 0 Å². The fourth-order valence-corrected chi connectivity index (χ4v) is 4.22. The van der Waals surface area contributed by atoms with Gasteiger partial charge in [-0.1, -0.05) is 24.3 Å². The van der Waals surface area contributed by atoms with Crippen LogP contribution in [0.5, 0.6) is 5.75 Å². The number of hydrogen-bond donors (Lipinski definition) is 2. The van der Waals surface area contributed by atoms with E-state index >= 15 is 0 Å². The highest BCUT2D eigenvalue weighted by atomic mass is 32.2. The maximum atomic E-state index is 13.0. The molecule has 3 N–H and O–H groups in total. The minimum absolute atomic E-state index is 0.0137. The summed E-state index contributed by atoms with van der Waals surface area (Å²) < 4.78 is 41.3. The number of benzene rings is 3. The van der Waals surface area contributed by atoms with Crippen LogP contribution in [-0.4, -0.2) is 19.5 Å². The van der Waals surface area contributed by atoms with E-state index in [1.165, 1.54) is 48.2 Å². The van der Waals surface area contributed by atoms with Gasteiger partial charge in [0, 0.05) is 0 Å². The second kappa shape index (κ2) is 9.57. The van der Waals surface area contributed by atoms with Crippen molar-refractivity contribution in [2.45, 2.75) is 11.5 Å². The number of rotatable bonds is 6. The minimum Gasteiger partial charge on any atom is -0.489 e. The lowest BCUT2D eigenvalue weighted by atomic mass is 10.2. The van der Waals surface area contributed by atoms with E-state index in [4.69, 9.17) is 9.88 Å². The number of aliphatic imine (C=N–C) groups is 1. The Labute approximate surface area is 194 Å². The molecule has 0 atom stereocenters. The van der Waals surface area contributed by atoms with Crippen LogP contribution in [0.1, 0.15) is 11.1 Å². The number of sulfonamides is 1. The van der Waals surface area contributed by atoms with Crippen LogP contribution in [0.2, 0.25) is 0 Å². The number of amidine groups is 1. The third-order valence-electron chi connectivity index (χ3n) is 4.54. The molecular weight excluding hydrogens is 465 g/mol. The molecule has 1 aliphatic rings. The zero-order valence-corrected chi connectivity index (χ0v) is 18.7. The van der Waals surface area contributed by atoms with Gasteiger partial charge in [-0.15, -0.1) is 0 Å². The fourth-order valence-electron chi connectivity index (χ4n) is 2.87. The van der Waals surface area contributed by atoms with Crippen molar-refractivity contribution in [3.63, 3.8) is 0 Å². The number of nitrogens with zero attached hydrogens (tertiary/aromatic N) is 1. The highest BCUT2D eigenvalue weighted by Crippen LogP contribution is 2.29. The van der Waals surface area contributed by atoms with Crippen LogP contribution in [-0.2, 0) is 21.4 Å². The van der Waals surface area contributed by atoms with Crippen molar-refractivity contribution in [2.75, 3.05) is 0 Å². The van der Waals surface area contributed by atoms with Gasteiger partial charge >= 0.3 is 0 Å². The van der Waals surface area contributed by atoms with Gasteiger partial charge < -0.3 is 10.1 Å². The number of hydrogen-bond acceptors (Lipinski definition) is 6. The van der Waals surface area contributed by atoms with E-state index in [0.29, 0.717) is 28.1 Å². The maximum absolute atomic E-state index is 13.0. The van der Waals surface area contributed by atoms with Gasteiger partial charge in [0.2, 0.25) is 10.0 Å². The molecule has 1 heterocycles. The second-order valence-electron chi connectivity index (χ2n) is 7.00. The average molecular weight is 484 g/mol. The smallest absolute Gasteiger partial charge is 0.264 e. The predicted molar refractivity (Wildman–Crippen MR) is 126 cm³/mol. The molecule has 4 rings (SSSR count). The standard InChI is InChI=1S/C23H18FN3O4S2/c24-17-5-1-16(2-6-17)14-31-19-9-3-15(4-10-19)13-21-22(28)27-23(32-21)26-18-7-11-20(12-8-18)33(25,29)30/h1-13H,14H2,(H2,25,29,30)(H,26,27,28)/b21-13-. The van der Waals surface area contributed by atoms with E-state index in [2.05, 4.69) is 10.3 Å². The molecule has 7 nitrogen and oxygen atoms in total. The fraction of sp³-hybridized carbons (Fsp3) is 0.0435. The number of halogens is 1. The molecule has 33 heavy (non-hydrogen) atoms. The number of nitrogens with two attached hydrogens (primary N) is 1. The Morgan fingerprint density at radius 3 is 2.30 bits per heavy atom. The van der Waals surface area contributed by atoms with Crippen molar-refractivity contribution in [1.29, 1.82) is 0 Å². The Bertz CT molecular complexity index is 1340. The maximum Gasteiger partial charge on any atom is 0.264 e.